The maximum Gasteiger partial charge on any atom is 0.227 e. The minimum Gasteiger partial charge on any atom is -0.333 e. The molecule has 1 unspecified atom stereocenters. The van der Waals surface area contributed by atoms with Gasteiger partial charge in [0.2, 0.25) is 5.95 Å². The molecule has 0 saturated heterocycles. The fraction of sp³-hybridized carbons (Fsp3) is 0.692. The summed E-state index contributed by atoms with van der Waals surface area (Å²) in [5, 5.41) is 16.9. The summed E-state index contributed by atoms with van der Waals surface area (Å²) >= 11 is 0. The number of hydrogen-bond donors (Lipinski definition) is 0. The lowest BCUT2D eigenvalue weighted by molar-refractivity contribution is 0.495. The van der Waals surface area contributed by atoms with Gasteiger partial charge < -0.3 is 4.90 Å². The second-order valence-electron chi connectivity index (χ2n) is 5.28. The molecule has 0 spiro atoms. The summed E-state index contributed by atoms with van der Waals surface area (Å²) in [5.41, 5.74) is 1.13. The van der Waals surface area contributed by atoms with E-state index in [2.05, 4.69) is 50.7 Å². The average molecular weight is 275 g/mol. The average Bonchev–Trinajstić information content (AvgIpc) is 3.11. The van der Waals surface area contributed by atoms with E-state index in [-0.39, 0.29) is 0 Å². The molecule has 1 atom stereocenters. The highest BCUT2D eigenvalue weighted by Gasteiger charge is 2.24. The van der Waals surface area contributed by atoms with Gasteiger partial charge in [-0.15, -0.1) is 15.3 Å². The Bertz CT molecular complexity index is 585. The third-order valence-corrected chi connectivity index (χ3v) is 4.04. The summed E-state index contributed by atoms with van der Waals surface area (Å²) in [6.45, 7) is 9.98. The first-order chi connectivity index (χ1) is 9.74. The zero-order chi connectivity index (χ0) is 14.1. The highest BCUT2D eigenvalue weighted by molar-refractivity contribution is 5.33. The smallest absolute Gasteiger partial charge is 0.227 e. The summed E-state index contributed by atoms with van der Waals surface area (Å²) in [4.78, 5) is 2.26. The number of rotatable bonds is 4. The van der Waals surface area contributed by atoms with Crippen LogP contribution < -0.4 is 4.90 Å². The normalized spacial score (nSPS) is 16.2. The Morgan fingerprint density at radius 3 is 2.85 bits per heavy atom. The molecule has 3 rings (SSSR count). The van der Waals surface area contributed by atoms with E-state index in [4.69, 9.17) is 0 Å². The molecule has 7 nitrogen and oxygen atoms in total. The van der Waals surface area contributed by atoms with E-state index < -0.39 is 0 Å². The van der Waals surface area contributed by atoms with Crippen molar-refractivity contribution in [2.45, 2.75) is 52.7 Å². The third kappa shape index (κ3) is 2.07. The monoisotopic (exact) mass is 275 g/mol. The van der Waals surface area contributed by atoms with Gasteiger partial charge in [0, 0.05) is 19.0 Å². The Balaban J connectivity index is 1.90. The van der Waals surface area contributed by atoms with Crippen LogP contribution in [0.25, 0.3) is 0 Å². The van der Waals surface area contributed by atoms with Gasteiger partial charge in [-0.25, -0.2) is 4.68 Å². The molecule has 20 heavy (non-hydrogen) atoms. The van der Waals surface area contributed by atoms with Gasteiger partial charge >= 0.3 is 0 Å². The van der Waals surface area contributed by atoms with Gasteiger partial charge in [-0.3, -0.25) is 4.57 Å². The Kier molecular flexibility index (Phi) is 3.42. The van der Waals surface area contributed by atoms with Crippen LogP contribution in [0.2, 0.25) is 0 Å². The van der Waals surface area contributed by atoms with E-state index in [0.29, 0.717) is 5.92 Å². The van der Waals surface area contributed by atoms with Crippen LogP contribution >= 0.6 is 0 Å². The van der Waals surface area contributed by atoms with Crippen molar-refractivity contribution in [2.24, 2.45) is 0 Å². The molecular formula is C13H21N7. The van der Waals surface area contributed by atoms with Crippen molar-refractivity contribution < 1.29 is 0 Å². The zero-order valence-corrected chi connectivity index (χ0v) is 12.3. The second-order valence-corrected chi connectivity index (χ2v) is 5.28. The molecule has 0 aromatic carbocycles. The zero-order valence-electron chi connectivity index (χ0n) is 12.3. The van der Waals surface area contributed by atoms with Crippen LogP contribution in [0.3, 0.4) is 0 Å². The summed E-state index contributed by atoms with van der Waals surface area (Å²) in [6, 6.07) is 0. The molecule has 108 valence electrons. The second kappa shape index (κ2) is 5.22. The molecule has 0 fully saturated rings. The van der Waals surface area contributed by atoms with E-state index in [1.807, 2.05) is 10.9 Å². The molecule has 1 aliphatic heterocycles. The molecule has 0 aliphatic carbocycles. The van der Waals surface area contributed by atoms with Crippen LogP contribution in [0.15, 0.2) is 6.20 Å². The molecule has 0 amide bonds. The van der Waals surface area contributed by atoms with Crippen LogP contribution in [-0.2, 0) is 19.6 Å². The summed E-state index contributed by atoms with van der Waals surface area (Å²) in [5.74, 6) is 2.49. The number of aromatic nitrogens is 6. The Hall–Kier alpha value is -1.92. The topological polar surface area (TPSA) is 64.7 Å². The van der Waals surface area contributed by atoms with Crippen molar-refractivity contribution in [3.8, 4) is 0 Å². The first kappa shape index (κ1) is 13.1. The van der Waals surface area contributed by atoms with Crippen molar-refractivity contribution in [3.63, 3.8) is 0 Å². The molecule has 0 N–H and O–H groups in total. The molecule has 0 bridgehead atoms. The van der Waals surface area contributed by atoms with E-state index in [1.54, 1.807) is 0 Å². The van der Waals surface area contributed by atoms with Gasteiger partial charge in [0.05, 0.1) is 25.0 Å². The van der Waals surface area contributed by atoms with Crippen LogP contribution in [0.4, 0.5) is 5.95 Å². The SMILES string of the molecule is CCC(C)c1nnc(N2CCn3nncc3C2)n1CC. The van der Waals surface area contributed by atoms with Gasteiger partial charge in [0.1, 0.15) is 5.82 Å². The van der Waals surface area contributed by atoms with Crippen LogP contribution in [0.1, 0.15) is 44.6 Å². The molecular weight excluding hydrogens is 254 g/mol. The van der Waals surface area contributed by atoms with E-state index in [9.17, 15) is 0 Å². The molecule has 2 aromatic heterocycles. The van der Waals surface area contributed by atoms with Crippen LogP contribution in [-0.4, -0.2) is 36.3 Å². The maximum atomic E-state index is 4.43. The fourth-order valence-corrected chi connectivity index (χ4v) is 2.64. The van der Waals surface area contributed by atoms with Crippen LogP contribution in [0, 0.1) is 0 Å². The van der Waals surface area contributed by atoms with E-state index >= 15 is 0 Å². The van der Waals surface area contributed by atoms with Crippen LogP contribution in [0.5, 0.6) is 0 Å². The first-order valence-electron chi connectivity index (χ1n) is 7.30. The summed E-state index contributed by atoms with van der Waals surface area (Å²) < 4.78 is 4.19. The highest BCUT2D eigenvalue weighted by Crippen LogP contribution is 2.24. The van der Waals surface area contributed by atoms with Gasteiger partial charge in [-0.1, -0.05) is 19.1 Å². The lowest BCUT2D eigenvalue weighted by Crippen LogP contribution is -2.35. The quantitative estimate of drug-likeness (QED) is 0.844. The molecule has 2 aromatic rings. The van der Waals surface area contributed by atoms with Crippen molar-refractivity contribution in [1.82, 2.24) is 29.8 Å². The van der Waals surface area contributed by atoms with Gasteiger partial charge in [0.25, 0.3) is 0 Å². The molecule has 0 radical (unpaired) electrons. The molecule has 0 saturated carbocycles. The predicted molar refractivity (Wildman–Crippen MR) is 75.5 cm³/mol. The third-order valence-electron chi connectivity index (χ3n) is 4.04. The standard InChI is InChI=1S/C13H21N7/c1-4-10(3)12-15-16-13(19(12)5-2)18-6-7-20-11(9-18)8-14-17-20/h8,10H,4-7,9H2,1-3H3. The summed E-state index contributed by atoms with van der Waals surface area (Å²) in [7, 11) is 0. The molecule has 7 heteroatoms. The number of anilines is 1. The van der Waals surface area contributed by atoms with Gasteiger partial charge in [-0.2, -0.15) is 0 Å². The Morgan fingerprint density at radius 1 is 1.25 bits per heavy atom. The van der Waals surface area contributed by atoms with E-state index in [0.717, 1.165) is 50.1 Å². The predicted octanol–water partition coefficient (Wildman–Crippen LogP) is 1.42. The lowest BCUT2D eigenvalue weighted by atomic mass is 10.1. The summed E-state index contributed by atoms with van der Waals surface area (Å²) in [6.07, 6.45) is 2.91. The van der Waals surface area contributed by atoms with Crippen molar-refractivity contribution in [1.29, 1.82) is 0 Å². The Labute approximate surface area is 118 Å². The van der Waals surface area contributed by atoms with Crippen molar-refractivity contribution in [2.75, 3.05) is 11.4 Å². The van der Waals surface area contributed by atoms with Gasteiger partial charge in [-0.05, 0) is 13.3 Å². The fourth-order valence-electron chi connectivity index (χ4n) is 2.64. The van der Waals surface area contributed by atoms with Crippen molar-refractivity contribution >= 4 is 5.95 Å². The Morgan fingerprint density at radius 2 is 2.10 bits per heavy atom. The number of fused-ring (bicyclic) bond motifs is 1. The maximum absolute atomic E-state index is 4.43. The van der Waals surface area contributed by atoms with Gasteiger partial charge in [0.15, 0.2) is 0 Å². The molecule has 1 aliphatic rings. The van der Waals surface area contributed by atoms with Crippen molar-refractivity contribution in [3.05, 3.63) is 17.7 Å². The molecule has 3 heterocycles. The van der Waals surface area contributed by atoms with E-state index in [1.165, 1.54) is 0 Å². The minimum atomic E-state index is 0.438. The largest absolute Gasteiger partial charge is 0.333 e. The first-order valence-corrected chi connectivity index (χ1v) is 7.30. The number of nitrogens with zero attached hydrogens (tertiary/aromatic N) is 7. The number of hydrogen-bond acceptors (Lipinski definition) is 5. The lowest BCUT2D eigenvalue weighted by Gasteiger charge is -2.28. The minimum absolute atomic E-state index is 0.438. The highest BCUT2D eigenvalue weighted by atomic mass is 15.5.